The summed E-state index contributed by atoms with van der Waals surface area (Å²) >= 11 is 3.60. The maximum Gasteiger partial charge on any atom is 0.226 e. The Morgan fingerprint density at radius 1 is 1.00 bits per heavy atom. The van der Waals surface area contributed by atoms with E-state index in [9.17, 15) is 4.39 Å². The second-order valence-corrected chi connectivity index (χ2v) is 9.05. The molecule has 0 spiro atoms. The number of anilines is 1. The SMILES string of the molecule is COc1ccc2c(c1)C1=C([C@H](c3ccc(F)cc3)n3ncnc3N1)[C@@H](c1ccc(OC)c(Br)c1)O2. The predicted octanol–water partition coefficient (Wildman–Crippen LogP) is 5.76. The van der Waals surface area contributed by atoms with Crippen molar-refractivity contribution in [2.75, 3.05) is 19.5 Å². The predicted molar refractivity (Wildman–Crippen MR) is 132 cm³/mol. The van der Waals surface area contributed by atoms with Crippen molar-refractivity contribution in [2.45, 2.75) is 12.1 Å². The molecule has 0 fully saturated rings. The topological polar surface area (TPSA) is 70.4 Å². The number of hydrogen-bond acceptors (Lipinski definition) is 6. The van der Waals surface area contributed by atoms with Gasteiger partial charge in [-0.1, -0.05) is 18.2 Å². The van der Waals surface area contributed by atoms with Crippen LogP contribution in [0.15, 0.2) is 77.0 Å². The van der Waals surface area contributed by atoms with Crippen LogP contribution in [0.25, 0.3) is 5.70 Å². The van der Waals surface area contributed by atoms with Crippen molar-refractivity contribution >= 4 is 27.6 Å². The highest BCUT2D eigenvalue weighted by molar-refractivity contribution is 9.10. The molecular weight excluding hydrogens is 515 g/mol. The molecule has 2 aliphatic heterocycles. The number of hydrogen-bond donors (Lipinski definition) is 1. The largest absolute Gasteiger partial charge is 0.497 e. The van der Waals surface area contributed by atoms with Crippen LogP contribution < -0.4 is 19.5 Å². The Morgan fingerprint density at radius 2 is 1.80 bits per heavy atom. The summed E-state index contributed by atoms with van der Waals surface area (Å²) in [6.45, 7) is 0. The van der Waals surface area contributed by atoms with Gasteiger partial charge >= 0.3 is 0 Å². The Bertz CT molecular complexity index is 1470. The van der Waals surface area contributed by atoms with Crippen LogP contribution in [-0.2, 0) is 0 Å². The van der Waals surface area contributed by atoms with Crippen molar-refractivity contribution in [3.63, 3.8) is 0 Å². The molecule has 35 heavy (non-hydrogen) atoms. The summed E-state index contributed by atoms with van der Waals surface area (Å²) in [5.41, 5.74) is 4.41. The number of fused-ring (bicyclic) bond motifs is 3. The van der Waals surface area contributed by atoms with Gasteiger partial charge in [0.15, 0.2) is 0 Å². The van der Waals surface area contributed by atoms with E-state index in [1.807, 2.05) is 36.4 Å². The van der Waals surface area contributed by atoms with Gasteiger partial charge in [0.25, 0.3) is 0 Å². The summed E-state index contributed by atoms with van der Waals surface area (Å²) < 4.78 is 34.0. The van der Waals surface area contributed by atoms with Crippen molar-refractivity contribution in [1.29, 1.82) is 0 Å². The van der Waals surface area contributed by atoms with Crippen LogP contribution >= 0.6 is 15.9 Å². The third kappa shape index (κ3) is 3.54. The van der Waals surface area contributed by atoms with Crippen LogP contribution in [0.1, 0.15) is 28.8 Å². The summed E-state index contributed by atoms with van der Waals surface area (Å²) in [7, 11) is 3.26. The molecule has 0 saturated carbocycles. The summed E-state index contributed by atoms with van der Waals surface area (Å²) in [4.78, 5) is 4.43. The first kappa shape index (κ1) is 21.7. The molecule has 1 N–H and O–H groups in total. The number of halogens is 2. The number of methoxy groups -OCH3 is 2. The van der Waals surface area contributed by atoms with E-state index in [0.717, 1.165) is 38.2 Å². The van der Waals surface area contributed by atoms with Crippen molar-refractivity contribution in [2.24, 2.45) is 0 Å². The summed E-state index contributed by atoms with van der Waals surface area (Å²) in [6, 6.07) is 17.6. The van der Waals surface area contributed by atoms with Crippen LogP contribution in [0, 0.1) is 5.82 Å². The molecule has 0 amide bonds. The average Bonchev–Trinajstić information content (AvgIpc) is 3.35. The maximum atomic E-state index is 13.8. The smallest absolute Gasteiger partial charge is 0.226 e. The normalized spacial score (nSPS) is 18.1. The third-order valence-corrected chi connectivity index (χ3v) is 6.91. The molecule has 176 valence electrons. The average molecular weight is 535 g/mol. The fourth-order valence-corrected chi connectivity index (χ4v) is 5.22. The highest BCUT2D eigenvalue weighted by atomic mass is 79.9. The van der Waals surface area contributed by atoms with E-state index in [2.05, 4.69) is 31.3 Å². The highest BCUT2D eigenvalue weighted by Gasteiger charge is 2.41. The molecule has 3 heterocycles. The van der Waals surface area contributed by atoms with Crippen LogP contribution in [0.2, 0.25) is 0 Å². The van der Waals surface area contributed by atoms with Gasteiger partial charge in [-0.05, 0) is 69.5 Å². The minimum absolute atomic E-state index is 0.304. The Balaban J connectivity index is 1.61. The van der Waals surface area contributed by atoms with Gasteiger partial charge in [0, 0.05) is 11.1 Å². The molecule has 2 aliphatic rings. The fourth-order valence-electron chi connectivity index (χ4n) is 4.66. The molecule has 0 unspecified atom stereocenters. The highest BCUT2D eigenvalue weighted by Crippen LogP contribution is 2.51. The second-order valence-electron chi connectivity index (χ2n) is 8.19. The minimum atomic E-state index is -0.465. The van der Waals surface area contributed by atoms with Crippen molar-refractivity contribution in [3.05, 3.63) is 99.5 Å². The Kier molecular flexibility index (Phi) is 5.21. The summed E-state index contributed by atoms with van der Waals surface area (Å²) in [5, 5.41) is 7.95. The number of nitrogens with zero attached hydrogens (tertiary/aromatic N) is 3. The maximum absolute atomic E-state index is 13.8. The molecule has 4 aromatic rings. The molecule has 9 heteroatoms. The number of nitrogens with one attached hydrogen (secondary N) is 1. The quantitative estimate of drug-likeness (QED) is 0.359. The van der Waals surface area contributed by atoms with E-state index < -0.39 is 6.10 Å². The van der Waals surface area contributed by atoms with Gasteiger partial charge in [-0.3, -0.25) is 0 Å². The molecule has 0 radical (unpaired) electrons. The fraction of sp³-hybridized carbons (Fsp3) is 0.154. The molecule has 0 bridgehead atoms. The van der Waals surface area contributed by atoms with Gasteiger partial charge in [-0.25, -0.2) is 9.07 Å². The molecule has 1 aromatic heterocycles. The van der Waals surface area contributed by atoms with E-state index in [4.69, 9.17) is 14.2 Å². The second kappa shape index (κ2) is 8.42. The van der Waals surface area contributed by atoms with E-state index >= 15 is 0 Å². The lowest BCUT2D eigenvalue weighted by Gasteiger charge is -2.39. The Morgan fingerprint density at radius 3 is 2.54 bits per heavy atom. The van der Waals surface area contributed by atoms with Crippen LogP contribution in [-0.4, -0.2) is 29.0 Å². The van der Waals surface area contributed by atoms with Gasteiger partial charge in [0.2, 0.25) is 5.95 Å². The van der Waals surface area contributed by atoms with Crippen LogP contribution in [0.4, 0.5) is 10.3 Å². The lowest BCUT2D eigenvalue weighted by atomic mass is 9.84. The first-order valence-corrected chi connectivity index (χ1v) is 11.7. The zero-order valence-electron chi connectivity index (χ0n) is 18.8. The van der Waals surface area contributed by atoms with Gasteiger partial charge < -0.3 is 19.5 Å². The van der Waals surface area contributed by atoms with Gasteiger partial charge in [0.1, 0.15) is 41.5 Å². The molecule has 6 rings (SSSR count). The van der Waals surface area contributed by atoms with E-state index in [1.54, 1.807) is 31.0 Å². The number of benzene rings is 3. The van der Waals surface area contributed by atoms with Crippen LogP contribution in [0.3, 0.4) is 0 Å². The van der Waals surface area contributed by atoms with Gasteiger partial charge in [0.05, 0.1) is 24.4 Å². The van der Waals surface area contributed by atoms with Gasteiger partial charge in [-0.15, -0.1) is 0 Å². The lowest BCUT2D eigenvalue weighted by molar-refractivity contribution is 0.222. The van der Waals surface area contributed by atoms with Crippen LogP contribution in [0.5, 0.6) is 17.2 Å². The summed E-state index contributed by atoms with van der Waals surface area (Å²) in [5.74, 6) is 2.42. The number of rotatable bonds is 4. The molecule has 7 nitrogen and oxygen atoms in total. The first-order chi connectivity index (χ1) is 17.1. The van der Waals surface area contributed by atoms with E-state index in [0.29, 0.717) is 17.4 Å². The zero-order chi connectivity index (χ0) is 24.1. The Hall–Kier alpha value is -3.85. The standard InChI is InChI=1S/C26H20BrFN4O3/c1-33-17-8-10-20-18(12-17)23-22(25(35-20)15-5-9-21(34-2)19(27)11-15)24(14-3-6-16(28)7-4-14)32-26(31-23)29-13-30-32/h3-13,24-25H,1-2H3,(H,29,30,31)/t24-,25+/m0/s1. The molecule has 0 aliphatic carbocycles. The number of aromatic nitrogens is 3. The minimum Gasteiger partial charge on any atom is -0.497 e. The molecule has 2 atom stereocenters. The first-order valence-electron chi connectivity index (χ1n) is 10.9. The number of ether oxygens (including phenoxy) is 3. The van der Waals surface area contributed by atoms with Gasteiger partial charge in [-0.2, -0.15) is 10.1 Å². The lowest BCUT2D eigenvalue weighted by Crippen LogP contribution is -2.32. The van der Waals surface area contributed by atoms with Crippen molar-refractivity contribution in [1.82, 2.24) is 14.8 Å². The summed E-state index contributed by atoms with van der Waals surface area (Å²) in [6.07, 6.45) is 1.04. The molecule has 0 saturated heterocycles. The van der Waals surface area contributed by atoms with E-state index in [1.165, 1.54) is 18.5 Å². The zero-order valence-corrected chi connectivity index (χ0v) is 20.4. The molecule has 3 aromatic carbocycles. The van der Waals surface area contributed by atoms with E-state index in [-0.39, 0.29) is 11.9 Å². The third-order valence-electron chi connectivity index (χ3n) is 6.29. The van der Waals surface area contributed by atoms with Crippen molar-refractivity contribution in [3.8, 4) is 17.2 Å². The van der Waals surface area contributed by atoms with Crippen molar-refractivity contribution < 1.29 is 18.6 Å². The Labute approximate surface area is 209 Å². The monoisotopic (exact) mass is 534 g/mol. The molecular formula is C26H20BrFN4O3.